The Morgan fingerprint density at radius 2 is 0.904 bits per heavy atom. The molecule has 5 aliphatic carbocycles. The molecule has 4 bridgehead atoms. The second kappa shape index (κ2) is 10.8. The SMILES string of the molecule is c1ccc(-c2ccccc2-c2c3ccccc3c(-c3ccc4c(c3)C3(c5c-4ccc4ccccc54)C4CC5CC(C4)CC3C5)c3ccccc23)cc1. The molecule has 0 atom stereocenters. The zero-order chi connectivity index (χ0) is 34.0. The molecule has 0 heteroatoms. The molecule has 4 saturated carbocycles. The lowest BCUT2D eigenvalue weighted by molar-refractivity contribution is -0.0393. The van der Waals surface area contributed by atoms with Crippen LogP contribution < -0.4 is 0 Å². The second-order valence-electron chi connectivity index (χ2n) is 16.4. The van der Waals surface area contributed by atoms with E-state index in [-0.39, 0.29) is 5.41 Å². The maximum absolute atomic E-state index is 2.69. The molecule has 8 aromatic carbocycles. The van der Waals surface area contributed by atoms with Gasteiger partial charge in [-0.15, -0.1) is 0 Å². The second-order valence-corrected chi connectivity index (χ2v) is 16.4. The highest BCUT2D eigenvalue weighted by Crippen LogP contribution is 2.70. The minimum Gasteiger partial charge on any atom is -0.0622 e. The van der Waals surface area contributed by atoms with Crippen molar-refractivity contribution >= 4 is 32.3 Å². The molecule has 0 heterocycles. The van der Waals surface area contributed by atoms with E-state index in [2.05, 4.69) is 158 Å². The van der Waals surface area contributed by atoms with E-state index in [9.17, 15) is 0 Å². The molecule has 4 fully saturated rings. The Morgan fingerprint density at radius 1 is 0.365 bits per heavy atom. The van der Waals surface area contributed by atoms with Crippen molar-refractivity contribution in [1.29, 1.82) is 0 Å². The normalized spacial score (nSPS) is 23.8. The molecule has 13 rings (SSSR count). The Morgan fingerprint density at radius 3 is 1.58 bits per heavy atom. The van der Waals surface area contributed by atoms with Gasteiger partial charge in [-0.1, -0.05) is 152 Å². The van der Waals surface area contributed by atoms with Crippen LogP contribution in [0.3, 0.4) is 0 Å². The van der Waals surface area contributed by atoms with E-state index in [4.69, 9.17) is 0 Å². The Balaban J connectivity index is 1.14. The van der Waals surface area contributed by atoms with E-state index in [1.807, 2.05) is 0 Å². The molecule has 52 heavy (non-hydrogen) atoms. The first-order valence-electron chi connectivity index (χ1n) is 19.5. The van der Waals surface area contributed by atoms with Crippen molar-refractivity contribution in [3.63, 3.8) is 0 Å². The fraction of sp³-hybridized carbons (Fsp3) is 0.192. The summed E-state index contributed by atoms with van der Waals surface area (Å²) in [6, 6.07) is 60.0. The molecule has 248 valence electrons. The van der Waals surface area contributed by atoms with Crippen molar-refractivity contribution < 1.29 is 0 Å². The molecule has 1 spiro atoms. The maximum Gasteiger partial charge on any atom is 0.0278 e. The van der Waals surface area contributed by atoms with Gasteiger partial charge in [0.25, 0.3) is 0 Å². The van der Waals surface area contributed by atoms with Crippen molar-refractivity contribution in [1.82, 2.24) is 0 Å². The van der Waals surface area contributed by atoms with Crippen LogP contribution in [0.15, 0.2) is 158 Å². The molecule has 0 N–H and O–H groups in total. The molecular formula is C52H40. The number of benzene rings is 8. The van der Waals surface area contributed by atoms with Crippen LogP contribution in [-0.2, 0) is 5.41 Å². The van der Waals surface area contributed by atoms with Gasteiger partial charge in [-0.2, -0.15) is 0 Å². The van der Waals surface area contributed by atoms with Crippen LogP contribution in [0.25, 0.3) is 76.8 Å². The van der Waals surface area contributed by atoms with Gasteiger partial charge in [-0.3, -0.25) is 0 Å². The number of hydrogen-bond donors (Lipinski definition) is 0. The molecule has 0 nitrogen and oxygen atoms in total. The van der Waals surface area contributed by atoms with Crippen molar-refractivity contribution in [2.75, 3.05) is 0 Å². The van der Waals surface area contributed by atoms with E-state index in [1.54, 1.807) is 11.1 Å². The summed E-state index contributed by atoms with van der Waals surface area (Å²) in [5.41, 5.74) is 14.2. The summed E-state index contributed by atoms with van der Waals surface area (Å²) >= 11 is 0. The predicted octanol–water partition coefficient (Wildman–Crippen LogP) is 13.9. The molecule has 0 aromatic heterocycles. The van der Waals surface area contributed by atoms with E-state index in [1.165, 1.54) is 109 Å². The minimum absolute atomic E-state index is 0.0924. The zero-order valence-corrected chi connectivity index (χ0v) is 29.4. The Bertz CT molecular complexity index is 2660. The number of fused-ring (bicyclic) bond motifs is 7. The topological polar surface area (TPSA) is 0 Å². The average molecular weight is 665 g/mol. The highest BCUT2D eigenvalue weighted by molar-refractivity contribution is 6.22. The van der Waals surface area contributed by atoms with Crippen LogP contribution in [0.2, 0.25) is 0 Å². The van der Waals surface area contributed by atoms with Crippen LogP contribution in [-0.4, -0.2) is 0 Å². The molecule has 0 saturated heterocycles. The van der Waals surface area contributed by atoms with Crippen LogP contribution in [0.4, 0.5) is 0 Å². The lowest BCUT2D eigenvalue weighted by atomic mass is 9.43. The van der Waals surface area contributed by atoms with Gasteiger partial charge in [0.05, 0.1) is 0 Å². The molecule has 8 aromatic rings. The first-order valence-corrected chi connectivity index (χ1v) is 19.5. The van der Waals surface area contributed by atoms with E-state index < -0.39 is 0 Å². The minimum atomic E-state index is 0.0924. The van der Waals surface area contributed by atoms with Gasteiger partial charge >= 0.3 is 0 Å². The van der Waals surface area contributed by atoms with E-state index >= 15 is 0 Å². The number of rotatable bonds is 3. The van der Waals surface area contributed by atoms with Gasteiger partial charge in [0.15, 0.2) is 0 Å². The standard InChI is InChI=1S/C52H40/c1-2-12-34(13-3-1)39-15-6-7-17-42(39)50-45-20-10-8-18-43(45)49(44-19-9-11-21-46(44)50)36-23-24-41-47-25-22-35-14-4-5-16-40(35)51(47)52(48(41)31-36)37-27-32-26-33(29-37)30-38(52)28-32/h1-25,31-33,37-38H,26-30H2. The summed E-state index contributed by atoms with van der Waals surface area (Å²) in [5.74, 6) is 3.27. The third-order valence-corrected chi connectivity index (χ3v) is 14.0. The van der Waals surface area contributed by atoms with Gasteiger partial charge in [0.1, 0.15) is 0 Å². The Labute approximate surface area is 305 Å². The summed E-state index contributed by atoms with van der Waals surface area (Å²) in [7, 11) is 0. The van der Waals surface area contributed by atoms with E-state index in [0.717, 1.165) is 23.7 Å². The smallest absolute Gasteiger partial charge is 0.0278 e. The summed E-state index contributed by atoms with van der Waals surface area (Å²) < 4.78 is 0. The summed E-state index contributed by atoms with van der Waals surface area (Å²) in [6.45, 7) is 0. The van der Waals surface area contributed by atoms with Gasteiger partial charge in [-0.05, 0) is 150 Å². The lowest BCUT2D eigenvalue weighted by Gasteiger charge is -2.61. The average Bonchev–Trinajstić information content (AvgIpc) is 3.49. The van der Waals surface area contributed by atoms with Gasteiger partial charge in [-0.25, -0.2) is 0 Å². The van der Waals surface area contributed by atoms with Crippen LogP contribution in [0.1, 0.15) is 43.2 Å². The summed E-state index contributed by atoms with van der Waals surface area (Å²) in [6.07, 6.45) is 7.03. The van der Waals surface area contributed by atoms with Crippen LogP contribution in [0.5, 0.6) is 0 Å². The fourth-order valence-electron chi connectivity index (χ4n) is 12.4. The lowest BCUT2D eigenvalue weighted by Crippen LogP contribution is -2.55. The van der Waals surface area contributed by atoms with Crippen molar-refractivity contribution in [3.05, 3.63) is 169 Å². The monoisotopic (exact) mass is 664 g/mol. The summed E-state index contributed by atoms with van der Waals surface area (Å²) in [5, 5.41) is 8.18. The largest absolute Gasteiger partial charge is 0.0622 e. The highest BCUT2D eigenvalue weighted by Gasteiger charge is 2.62. The Hall–Kier alpha value is -5.46. The third kappa shape index (κ3) is 3.83. The molecule has 5 aliphatic rings. The van der Waals surface area contributed by atoms with Crippen LogP contribution in [0, 0.1) is 23.7 Å². The van der Waals surface area contributed by atoms with E-state index in [0.29, 0.717) is 0 Å². The first-order chi connectivity index (χ1) is 25.8. The maximum atomic E-state index is 2.69. The highest BCUT2D eigenvalue weighted by atomic mass is 14.6. The number of hydrogen-bond acceptors (Lipinski definition) is 0. The van der Waals surface area contributed by atoms with Gasteiger partial charge in [0.2, 0.25) is 0 Å². The zero-order valence-electron chi connectivity index (χ0n) is 29.4. The van der Waals surface area contributed by atoms with Crippen molar-refractivity contribution in [2.24, 2.45) is 23.7 Å². The quantitative estimate of drug-likeness (QED) is 0.165. The van der Waals surface area contributed by atoms with Gasteiger partial charge < -0.3 is 0 Å². The van der Waals surface area contributed by atoms with Crippen molar-refractivity contribution in [2.45, 2.75) is 37.5 Å². The molecule has 0 radical (unpaired) electrons. The Kier molecular flexibility index (Phi) is 6.04. The molecule has 0 unspecified atom stereocenters. The predicted molar refractivity (Wildman–Crippen MR) is 219 cm³/mol. The third-order valence-electron chi connectivity index (χ3n) is 14.0. The molecule has 0 amide bonds. The van der Waals surface area contributed by atoms with Crippen LogP contribution >= 0.6 is 0 Å². The van der Waals surface area contributed by atoms with Crippen molar-refractivity contribution in [3.8, 4) is 44.5 Å². The molecule has 0 aliphatic heterocycles. The first kappa shape index (κ1) is 29.2. The fourth-order valence-corrected chi connectivity index (χ4v) is 12.4. The van der Waals surface area contributed by atoms with Gasteiger partial charge in [0, 0.05) is 5.41 Å². The molecular weight excluding hydrogens is 625 g/mol. The summed E-state index contributed by atoms with van der Waals surface area (Å²) in [4.78, 5) is 0.